The van der Waals surface area contributed by atoms with Crippen LogP contribution in [0.15, 0.2) is 22.7 Å². The lowest BCUT2D eigenvalue weighted by Crippen LogP contribution is -1.97. The molecule has 0 heterocycles. The Morgan fingerprint density at radius 3 is 2.60 bits per heavy atom. The first kappa shape index (κ1) is 13.0. The summed E-state index contributed by atoms with van der Waals surface area (Å²) in [6.45, 7) is 0.642. The fourth-order valence-electron chi connectivity index (χ4n) is 1.18. The average Bonchev–Trinajstić information content (AvgIpc) is 2.16. The van der Waals surface area contributed by atoms with Gasteiger partial charge in [0.25, 0.3) is 0 Å². The molecule has 0 amide bonds. The van der Waals surface area contributed by atoms with Gasteiger partial charge in [-0.2, -0.15) is 0 Å². The number of rotatable bonds is 6. The molecule has 0 bridgehead atoms. The number of benzene rings is 1. The van der Waals surface area contributed by atoms with E-state index >= 15 is 0 Å². The molecule has 0 atom stereocenters. The lowest BCUT2D eigenvalue weighted by atomic mass is 10.3. The van der Waals surface area contributed by atoms with Crippen LogP contribution in [0.3, 0.4) is 0 Å². The first-order valence-corrected chi connectivity index (χ1v) is 6.78. The van der Waals surface area contributed by atoms with Crippen molar-refractivity contribution in [3.8, 4) is 5.75 Å². The SMILES string of the molecule is Fc1cc(Br)cc(OCCCCCBr)c1. The highest BCUT2D eigenvalue weighted by Gasteiger charge is 1.99. The van der Waals surface area contributed by atoms with Crippen LogP contribution in [-0.4, -0.2) is 11.9 Å². The summed E-state index contributed by atoms with van der Waals surface area (Å²) in [5.74, 6) is 0.306. The third-order valence-corrected chi connectivity index (χ3v) is 2.90. The zero-order valence-corrected chi connectivity index (χ0v) is 11.5. The van der Waals surface area contributed by atoms with Crippen molar-refractivity contribution in [1.82, 2.24) is 0 Å². The Balaban J connectivity index is 2.31. The molecular formula is C11H13Br2FO. The maximum atomic E-state index is 12.9. The zero-order valence-electron chi connectivity index (χ0n) is 8.31. The topological polar surface area (TPSA) is 9.23 Å². The third-order valence-electron chi connectivity index (χ3n) is 1.88. The van der Waals surface area contributed by atoms with E-state index in [4.69, 9.17) is 4.74 Å². The molecule has 4 heteroatoms. The van der Waals surface area contributed by atoms with Crippen LogP contribution < -0.4 is 4.74 Å². The van der Waals surface area contributed by atoms with Gasteiger partial charge in [-0.3, -0.25) is 0 Å². The summed E-state index contributed by atoms with van der Waals surface area (Å²) in [6, 6.07) is 4.58. The maximum Gasteiger partial charge on any atom is 0.128 e. The molecule has 0 aromatic heterocycles. The first-order chi connectivity index (χ1) is 7.22. The molecule has 0 aliphatic carbocycles. The monoisotopic (exact) mass is 338 g/mol. The van der Waals surface area contributed by atoms with E-state index in [1.807, 2.05) is 0 Å². The zero-order chi connectivity index (χ0) is 11.1. The number of unbranched alkanes of at least 4 members (excludes halogenated alkanes) is 2. The summed E-state index contributed by atoms with van der Waals surface area (Å²) in [5.41, 5.74) is 0. The van der Waals surface area contributed by atoms with Gasteiger partial charge in [0, 0.05) is 15.9 Å². The van der Waals surface area contributed by atoms with Crippen molar-refractivity contribution in [2.45, 2.75) is 19.3 Å². The van der Waals surface area contributed by atoms with Crippen molar-refractivity contribution in [3.05, 3.63) is 28.5 Å². The Labute approximate surface area is 106 Å². The average molecular weight is 340 g/mol. The molecule has 1 rings (SSSR count). The molecule has 15 heavy (non-hydrogen) atoms. The van der Waals surface area contributed by atoms with Crippen molar-refractivity contribution < 1.29 is 9.13 Å². The number of ether oxygens (including phenoxy) is 1. The first-order valence-electron chi connectivity index (χ1n) is 4.87. The van der Waals surface area contributed by atoms with Crippen LogP contribution in [-0.2, 0) is 0 Å². The molecule has 0 spiro atoms. The molecule has 0 saturated carbocycles. The predicted molar refractivity (Wildman–Crippen MR) is 67.2 cm³/mol. The predicted octanol–water partition coefficient (Wildman–Crippen LogP) is 4.53. The van der Waals surface area contributed by atoms with Crippen LogP contribution in [0.4, 0.5) is 4.39 Å². The summed E-state index contributed by atoms with van der Waals surface area (Å²) in [5, 5.41) is 1.03. The van der Waals surface area contributed by atoms with Crippen LogP contribution in [0.1, 0.15) is 19.3 Å². The van der Waals surface area contributed by atoms with Gasteiger partial charge < -0.3 is 4.74 Å². The van der Waals surface area contributed by atoms with E-state index in [2.05, 4.69) is 31.9 Å². The van der Waals surface area contributed by atoms with Crippen molar-refractivity contribution >= 4 is 31.9 Å². The fraction of sp³-hybridized carbons (Fsp3) is 0.455. The highest BCUT2D eigenvalue weighted by atomic mass is 79.9. The molecular weight excluding hydrogens is 327 g/mol. The van der Waals surface area contributed by atoms with Gasteiger partial charge >= 0.3 is 0 Å². The van der Waals surface area contributed by atoms with Crippen LogP contribution in [0, 0.1) is 5.82 Å². The van der Waals surface area contributed by atoms with E-state index in [0.717, 1.165) is 24.6 Å². The fourth-order valence-corrected chi connectivity index (χ4v) is 2.02. The van der Waals surface area contributed by atoms with E-state index in [9.17, 15) is 4.39 Å². The lowest BCUT2D eigenvalue weighted by Gasteiger charge is -2.06. The summed E-state index contributed by atoms with van der Waals surface area (Å²) < 4.78 is 19.1. The molecule has 0 fully saturated rings. The van der Waals surface area contributed by atoms with E-state index in [1.54, 1.807) is 6.07 Å². The lowest BCUT2D eigenvalue weighted by molar-refractivity contribution is 0.305. The summed E-state index contributed by atoms with van der Waals surface area (Å²) in [6.07, 6.45) is 3.28. The minimum absolute atomic E-state index is 0.278. The Morgan fingerprint density at radius 2 is 1.93 bits per heavy atom. The number of halogens is 3. The van der Waals surface area contributed by atoms with E-state index in [1.165, 1.54) is 12.1 Å². The third kappa shape index (κ3) is 5.52. The van der Waals surface area contributed by atoms with Crippen molar-refractivity contribution in [2.75, 3.05) is 11.9 Å². The largest absolute Gasteiger partial charge is 0.493 e. The highest BCUT2D eigenvalue weighted by molar-refractivity contribution is 9.10. The molecule has 1 aromatic carbocycles. The van der Waals surface area contributed by atoms with Gasteiger partial charge in [-0.1, -0.05) is 31.9 Å². The van der Waals surface area contributed by atoms with Crippen LogP contribution in [0.25, 0.3) is 0 Å². The van der Waals surface area contributed by atoms with Gasteiger partial charge in [0.1, 0.15) is 11.6 Å². The Kier molecular flexibility index (Phi) is 6.25. The molecule has 1 aromatic rings. The van der Waals surface area contributed by atoms with Gasteiger partial charge in [0.2, 0.25) is 0 Å². The highest BCUT2D eigenvalue weighted by Crippen LogP contribution is 2.20. The van der Waals surface area contributed by atoms with Gasteiger partial charge in [-0.15, -0.1) is 0 Å². The maximum absolute atomic E-state index is 12.9. The number of hydrogen-bond acceptors (Lipinski definition) is 1. The molecule has 0 aliphatic rings. The van der Waals surface area contributed by atoms with Gasteiger partial charge in [-0.25, -0.2) is 4.39 Å². The quantitative estimate of drug-likeness (QED) is 0.546. The molecule has 1 nitrogen and oxygen atoms in total. The second-order valence-electron chi connectivity index (χ2n) is 3.20. The standard InChI is InChI=1S/C11H13Br2FO/c12-4-2-1-3-5-15-11-7-9(13)6-10(14)8-11/h6-8H,1-5H2. The Hall–Kier alpha value is -0.0900. The minimum atomic E-state index is -0.278. The molecule has 0 N–H and O–H groups in total. The molecule has 0 unspecified atom stereocenters. The van der Waals surface area contributed by atoms with Gasteiger partial charge in [0.05, 0.1) is 6.61 Å². The summed E-state index contributed by atoms with van der Waals surface area (Å²) in [4.78, 5) is 0. The van der Waals surface area contributed by atoms with Gasteiger partial charge in [0.15, 0.2) is 0 Å². The van der Waals surface area contributed by atoms with Gasteiger partial charge in [-0.05, 0) is 31.4 Å². The normalized spacial score (nSPS) is 10.3. The molecule has 0 radical (unpaired) electrons. The minimum Gasteiger partial charge on any atom is -0.493 e. The van der Waals surface area contributed by atoms with E-state index in [-0.39, 0.29) is 5.82 Å². The van der Waals surface area contributed by atoms with Crippen molar-refractivity contribution in [3.63, 3.8) is 0 Å². The number of hydrogen-bond donors (Lipinski definition) is 0. The van der Waals surface area contributed by atoms with Crippen LogP contribution in [0.5, 0.6) is 5.75 Å². The number of alkyl halides is 1. The Morgan fingerprint density at radius 1 is 1.13 bits per heavy atom. The van der Waals surface area contributed by atoms with E-state index in [0.29, 0.717) is 16.8 Å². The van der Waals surface area contributed by atoms with Crippen LogP contribution in [0.2, 0.25) is 0 Å². The van der Waals surface area contributed by atoms with Crippen molar-refractivity contribution in [1.29, 1.82) is 0 Å². The molecule has 0 aliphatic heterocycles. The smallest absolute Gasteiger partial charge is 0.128 e. The van der Waals surface area contributed by atoms with Crippen LogP contribution >= 0.6 is 31.9 Å². The summed E-state index contributed by atoms with van der Waals surface area (Å²) >= 11 is 6.59. The second kappa shape index (κ2) is 7.23. The Bertz CT molecular complexity index is 284. The van der Waals surface area contributed by atoms with E-state index < -0.39 is 0 Å². The second-order valence-corrected chi connectivity index (χ2v) is 4.91. The molecule has 84 valence electrons. The molecule has 0 saturated heterocycles. The summed E-state index contributed by atoms with van der Waals surface area (Å²) in [7, 11) is 0. The van der Waals surface area contributed by atoms with Crippen molar-refractivity contribution in [2.24, 2.45) is 0 Å².